The maximum atomic E-state index is 11.9. The number of thioether (sulfide) groups is 1. The van der Waals surface area contributed by atoms with E-state index in [2.05, 4.69) is 15.0 Å². The maximum absolute atomic E-state index is 11.9. The van der Waals surface area contributed by atoms with Crippen LogP contribution in [0.5, 0.6) is 0 Å². The molecule has 3 rings (SSSR count). The van der Waals surface area contributed by atoms with Crippen molar-refractivity contribution in [3.05, 3.63) is 64.7 Å². The Balaban J connectivity index is 1.88. The topological polar surface area (TPSA) is 58.6 Å². The van der Waals surface area contributed by atoms with Crippen molar-refractivity contribution in [3.8, 4) is 0 Å². The van der Waals surface area contributed by atoms with Crippen molar-refractivity contribution in [1.82, 2.24) is 15.0 Å². The summed E-state index contributed by atoms with van der Waals surface area (Å²) in [5.74, 6) is 0.754. The van der Waals surface area contributed by atoms with E-state index in [-0.39, 0.29) is 5.56 Å². The zero-order valence-electron chi connectivity index (χ0n) is 10.0. The second kappa shape index (κ2) is 5.24. The molecule has 0 radical (unpaired) electrons. The van der Waals surface area contributed by atoms with Gasteiger partial charge < -0.3 is 4.98 Å². The number of fused-ring (bicyclic) bond motifs is 1. The molecule has 5 heteroatoms. The van der Waals surface area contributed by atoms with Gasteiger partial charge in [0.1, 0.15) is 0 Å². The summed E-state index contributed by atoms with van der Waals surface area (Å²) in [5.41, 5.74) is 1.78. The smallest absolute Gasteiger partial charge is 0.259 e. The Bertz CT molecular complexity index is 755. The van der Waals surface area contributed by atoms with Crippen LogP contribution in [-0.2, 0) is 5.75 Å². The van der Waals surface area contributed by atoms with Crippen LogP contribution >= 0.6 is 11.8 Å². The Kier molecular flexibility index (Phi) is 3.29. The van der Waals surface area contributed by atoms with E-state index in [1.54, 1.807) is 18.5 Å². The van der Waals surface area contributed by atoms with Gasteiger partial charge in [-0.15, -0.1) is 0 Å². The molecule has 0 amide bonds. The molecule has 0 saturated carbocycles. The van der Waals surface area contributed by atoms with Crippen molar-refractivity contribution in [2.45, 2.75) is 10.9 Å². The average Bonchev–Trinajstić information content (AvgIpc) is 2.46. The summed E-state index contributed by atoms with van der Waals surface area (Å²) in [4.78, 5) is 23.1. The minimum Gasteiger partial charge on any atom is -0.301 e. The van der Waals surface area contributed by atoms with Crippen LogP contribution in [0, 0.1) is 0 Å². The fraction of sp³-hybridized carbons (Fsp3) is 0.0714. The third kappa shape index (κ3) is 2.66. The van der Waals surface area contributed by atoms with E-state index >= 15 is 0 Å². The Morgan fingerprint density at radius 3 is 2.74 bits per heavy atom. The zero-order valence-corrected chi connectivity index (χ0v) is 10.9. The number of pyridine rings is 1. The van der Waals surface area contributed by atoms with Gasteiger partial charge in [-0.1, -0.05) is 23.9 Å². The molecule has 4 nitrogen and oxygen atoms in total. The van der Waals surface area contributed by atoms with Crippen LogP contribution in [0.3, 0.4) is 0 Å². The van der Waals surface area contributed by atoms with Gasteiger partial charge in [0, 0.05) is 18.1 Å². The van der Waals surface area contributed by atoms with Crippen LogP contribution in [0.15, 0.2) is 58.7 Å². The molecule has 94 valence electrons. The highest BCUT2D eigenvalue weighted by molar-refractivity contribution is 7.98. The lowest BCUT2D eigenvalue weighted by Crippen LogP contribution is -2.08. The first-order valence-electron chi connectivity index (χ1n) is 5.84. The molecule has 1 aromatic carbocycles. The molecule has 2 heterocycles. The summed E-state index contributed by atoms with van der Waals surface area (Å²) < 4.78 is 0. The van der Waals surface area contributed by atoms with E-state index in [1.165, 1.54) is 11.8 Å². The summed E-state index contributed by atoms with van der Waals surface area (Å²) in [6.45, 7) is 0. The van der Waals surface area contributed by atoms with Crippen LogP contribution in [0.4, 0.5) is 0 Å². The molecule has 2 aromatic heterocycles. The molecular weight excluding hydrogens is 258 g/mol. The average molecular weight is 269 g/mol. The normalized spacial score (nSPS) is 10.7. The summed E-state index contributed by atoms with van der Waals surface area (Å²) in [7, 11) is 0. The fourth-order valence-corrected chi connectivity index (χ4v) is 2.59. The number of para-hydroxylation sites is 1. The van der Waals surface area contributed by atoms with Crippen molar-refractivity contribution >= 4 is 22.7 Å². The number of hydrogen-bond acceptors (Lipinski definition) is 4. The van der Waals surface area contributed by atoms with Crippen molar-refractivity contribution in [2.75, 3.05) is 0 Å². The number of aromatic amines is 1. The summed E-state index contributed by atoms with van der Waals surface area (Å²) >= 11 is 1.51. The first-order valence-corrected chi connectivity index (χ1v) is 6.82. The van der Waals surface area contributed by atoms with E-state index in [0.29, 0.717) is 10.5 Å². The second-order valence-electron chi connectivity index (χ2n) is 4.03. The number of hydrogen-bond donors (Lipinski definition) is 1. The van der Waals surface area contributed by atoms with Crippen LogP contribution in [-0.4, -0.2) is 15.0 Å². The maximum Gasteiger partial charge on any atom is 0.259 e. The minimum atomic E-state index is -0.0946. The number of rotatable bonds is 3. The molecule has 0 aliphatic carbocycles. The first-order chi connectivity index (χ1) is 9.33. The monoisotopic (exact) mass is 269 g/mol. The largest absolute Gasteiger partial charge is 0.301 e. The van der Waals surface area contributed by atoms with Gasteiger partial charge in [0.2, 0.25) is 0 Å². The number of H-pyrrole nitrogens is 1. The Labute approximate surface area is 113 Å². The molecule has 3 aromatic rings. The molecule has 0 aliphatic rings. The molecule has 0 aliphatic heterocycles. The molecule has 0 atom stereocenters. The van der Waals surface area contributed by atoms with E-state index < -0.39 is 0 Å². The quantitative estimate of drug-likeness (QED) is 0.586. The Morgan fingerprint density at radius 2 is 1.89 bits per heavy atom. The number of nitrogens with one attached hydrogen (secondary N) is 1. The standard InChI is InChI=1S/C14H11N3OS/c18-13-11-3-1-2-4-12(11)16-14(17-13)19-9-10-5-7-15-8-6-10/h1-8H,9H2,(H,16,17,18). The van der Waals surface area contributed by atoms with E-state index in [4.69, 9.17) is 0 Å². The molecule has 0 saturated heterocycles. The first kappa shape index (κ1) is 11.9. The minimum absolute atomic E-state index is 0.0946. The summed E-state index contributed by atoms with van der Waals surface area (Å²) in [6, 6.07) is 11.2. The molecule has 19 heavy (non-hydrogen) atoms. The number of aromatic nitrogens is 3. The van der Waals surface area contributed by atoms with Gasteiger partial charge in [-0.25, -0.2) is 4.98 Å². The third-order valence-corrected chi connectivity index (χ3v) is 3.66. The SMILES string of the molecule is O=c1[nH]c(SCc2ccncc2)nc2ccccc12. The number of nitrogens with zero attached hydrogens (tertiary/aromatic N) is 2. The van der Waals surface area contributed by atoms with Crippen molar-refractivity contribution in [2.24, 2.45) is 0 Å². The van der Waals surface area contributed by atoms with Gasteiger partial charge in [-0.3, -0.25) is 9.78 Å². The van der Waals surface area contributed by atoms with Crippen LogP contribution in [0.25, 0.3) is 10.9 Å². The highest BCUT2D eigenvalue weighted by atomic mass is 32.2. The predicted octanol–water partition coefficient (Wildman–Crippen LogP) is 2.61. The number of benzene rings is 1. The molecule has 0 bridgehead atoms. The lowest BCUT2D eigenvalue weighted by Gasteiger charge is -2.02. The Hall–Kier alpha value is -2.14. The van der Waals surface area contributed by atoms with E-state index in [1.807, 2.05) is 30.3 Å². The Morgan fingerprint density at radius 1 is 1.11 bits per heavy atom. The van der Waals surface area contributed by atoms with Gasteiger partial charge in [0.15, 0.2) is 5.16 Å². The molecule has 1 N–H and O–H groups in total. The van der Waals surface area contributed by atoms with Gasteiger partial charge >= 0.3 is 0 Å². The highest BCUT2D eigenvalue weighted by Crippen LogP contribution is 2.19. The van der Waals surface area contributed by atoms with Crippen molar-refractivity contribution in [1.29, 1.82) is 0 Å². The van der Waals surface area contributed by atoms with Gasteiger partial charge in [0.25, 0.3) is 5.56 Å². The van der Waals surface area contributed by atoms with Gasteiger partial charge in [-0.05, 0) is 29.8 Å². The summed E-state index contributed by atoms with van der Waals surface area (Å²) in [6.07, 6.45) is 3.51. The van der Waals surface area contributed by atoms with Gasteiger partial charge in [-0.2, -0.15) is 0 Å². The van der Waals surface area contributed by atoms with Crippen molar-refractivity contribution < 1.29 is 0 Å². The highest BCUT2D eigenvalue weighted by Gasteiger charge is 2.03. The van der Waals surface area contributed by atoms with Crippen LogP contribution in [0.1, 0.15) is 5.56 Å². The molecule has 0 unspecified atom stereocenters. The summed E-state index contributed by atoms with van der Waals surface area (Å²) in [5, 5.41) is 1.26. The molecular formula is C14H11N3OS. The molecule has 0 spiro atoms. The lowest BCUT2D eigenvalue weighted by molar-refractivity contribution is 0.973. The van der Waals surface area contributed by atoms with Crippen molar-refractivity contribution in [3.63, 3.8) is 0 Å². The third-order valence-electron chi connectivity index (χ3n) is 2.72. The second-order valence-corrected chi connectivity index (χ2v) is 5.00. The fourth-order valence-electron chi connectivity index (χ4n) is 1.76. The predicted molar refractivity (Wildman–Crippen MR) is 76.2 cm³/mol. The van der Waals surface area contributed by atoms with E-state index in [9.17, 15) is 4.79 Å². The van der Waals surface area contributed by atoms with Crippen LogP contribution < -0.4 is 5.56 Å². The lowest BCUT2D eigenvalue weighted by atomic mass is 10.2. The molecule has 0 fully saturated rings. The van der Waals surface area contributed by atoms with E-state index in [0.717, 1.165) is 16.8 Å². The van der Waals surface area contributed by atoms with Gasteiger partial charge in [0.05, 0.1) is 10.9 Å². The zero-order chi connectivity index (χ0) is 13.1. The van der Waals surface area contributed by atoms with Crippen LogP contribution in [0.2, 0.25) is 0 Å².